The van der Waals surface area contributed by atoms with E-state index in [0.29, 0.717) is 11.4 Å². The van der Waals surface area contributed by atoms with Crippen molar-refractivity contribution in [3.8, 4) is 12.0 Å². The van der Waals surface area contributed by atoms with Crippen LogP contribution in [-0.2, 0) is 4.84 Å². The molecule has 0 bridgehead atoms. The van der Waals surface area contributed by atoms with Crippen molar-refractivity contribution in [3.05, 3.63) is 65.2 Å². The molecule has 0 radical (unpaired) electrons. The Morgan fingerprint density at radius 1 is 1.00 bits per heavy atom. The highest BCUT2D eigenvalue weighted by atomic mass is 16.7. The zero-order chi connectivity index (χ0) is 22.1. The Kier molecular flexibility index (Phi) is 8.59. The van der Waals surface area contributed by atoms with E-state index >= 15 is 0 Å². The smallest absolute Gasteiger partial charge is 0.318 e. The van der Waals surface area contributed by atoms with E-state index in [9.17, 15) is 4.79 Å². The summed E-state index contributed by atoms with van der Waals surface area (Å²) in [6.07, 6.45) is 2.57. The average molecular weight is 396 g/mol. The number of hydrogen-bond acceptors (Lipinski definition) is 5. The van der Waals surface area contributed by atoms with E-state index in [1.807, 2.05) is 44.2 Å². The minimum absolute atomic E-state index is 0.536. The number of urea groups is 1. The lowest BCUT2D eigenvalue weighted by molar-refractivity contribution is -0.0370. The highest BCUT2D eigenvalue weighted by Gasteiger charge is 2.10. The van der Waals surface area contributed by atoms with Crippen molar-refractivity contribution >= 4 is 23.1 Å². The van der Waals surface area contributed by atoms with Gasteiger partial charge in [0.1, 0.15) is 6.11 Å². The molecule has 29 heavy (non-hydrogen) atoms. The van der Waals surface area contributed by atoms with Crippen LogP contribution in [0.25, 0.3) is 5.70 Å². The number of rotatable bonds is 3. The summed E-state index contributed by atoms with van der Waals surface area (Å²) >= 11 is 0. The van der Waals surface area contributed by atoms with Crippen molar-refractivity contribution in [1.82, 2.24) is 9.96 Å². The van der Waals surface area contributed by atoms with E-state index in [-0.39, 0.29) is 0 Å². The molecule has 2 rings (SSSR count). The minimum atomic E-state index is -0.542. The van der Waals surface area contributed by atoms with Crippen LogP contribution in [0.1, 0.15) is 22.3 Å². The molecule has 0 unspecified atom stereocenters. The van der Waals surface area contributed by atoms with Gasteiger partial charge in [-0.15, -0.1) is 5.06 Å². The summed E-state index contributed by atoms with van der Waals surface area (Å²) in [5.41, 5.74) is 22.3. The summed E-state index contributed by atoms with van der Waals surface area (Å²) in [5, 5.41) is 1.53. The molecule has 7 heteroatoms. The molecule has 2 amide bonds. The molecule has 0 saturated carbocycles. The van der Waals surface area contributed by atoms with Gasteiger partial charge in [0, 0.05) is 43.8 Å². The second kappa shape index (κ2) is 10.6. The van der Waals surface area contributed by atoms with Gasteiger partial charge in [0.15, 0.2) is 0 Å². The van der Waals surface area contributed by atoms with Crippen LogP contribution < -0.4 is 17.2 Å². The third-order valence-corrected chi connectivity index (χ3v) is 4.05. The van der Waals surface area contributed by atoms with Crippen LogP contribution in [0.3, 0.4) is 0 Å². The van der Waals surface area contributed by atoms with Crippen molar-refractivity contribution in [3.63, 3.8) is 0 Å². The first-order valence-corrected chi connectivity index (χ1v) is 8.83. The monoisotopic (exact) mass is 395 g/mol. The van der Waals surface area contributed by atoms with Gasteiger partial charge in [0.25, 0.3) is 0 Å². The van der Waals surface area contributed by atoms with Crippen LogP contribution in [0.15, 0.2) is 43.0 Å². The second-order valence-electron chi connectivity index (χ2n) is 6.62. The van der Waals surface area contributed by atoms with Crippen LogP contribution in [-0.4, -0.2) is 37.1 Å². The van der Waals surface area contributed by atoms with Crippen molar-refractivity contribution in [1.29, 1.82) is 0 Å². The number of nitrogens with two attached hydrogens (primary N) is 3. The van der Waals surface area contributed by atoms with Crippen LogP contribution in [0.4, 0.5) is 16.2 Å². The SMILES string of the molecule is C=C(c1ccc(C)c(N)c1)N(C)C(N)=O.Cc1ccc(C#CON(C)C)cc1N. The minimum Gasteiger partial charge on any atom is -0.398 e. The molecular formula is C22H29N5O2. The third-order valence-electron chi connectivity index (χ3n) is 4.05. The standard InChI is InChI=1S/C11H15N3O.C11H14N2O/c1-7-4-5-9(6-10(7)12)8(2)14(3)11(13)15;1-9-4-5-10(8-11(9)12)6-7-14-13(2)3/h4-6H,2,12H2,1,3H3,(H2,13,15);4-5,8H,12H2,1-3H3. The summed E-state index contributed by atoms with van der Waals surface area (Å²) in [6.45, 7) is 7.66. The highest BCUT2D eigenvalue weighted by molar-refractivity contribution is 5.84. The van der Waals surface area contributed by atoms with E-state index in [4.69, 9.17) is 22.0 Å². The first-order valence-electron chi connectivity index (χ1n) is 8.83. The Balaban J connectivity index is 0.000000291. The van der Waals surface area contributed by atoms with E-state index in [1.165, 1.54) is 9.96 Å². The van der Waals surface area contributed by atoms with Crippen LogP contribution >= 0.6 is 0 Å². The maximum atomic E-state index is 10.9. The summed E-state index contributed by atoms with van der Waals surface area (Å²) in [7, 11) is 5.12. The van der Waals surface area contributed by atoms with E-state index < -0.39 is 6.03 Å². The lowest BCUT2D eigenvalue weighted by atomic mass is 10.1. The summed E-state index contributed by atoms with van der Waals surface area (Å²) in [6, 6.07) is 10.7. The second-order valence-corrected chi connectivity index (χ2v) is 6.62. The summed E-state index contributed by atoms with van der Waals surface area (Å²) < 4.78 is 0. The number of carbonyl (C=O) groups excluding carboxylic acids is 1. The first kappa shape index (κ1) is 23.4. The Morgan fingerprint density at radius 2 is 1.55 bits per heavy atom. The topological polar surface area (TPSA) is 111 Å². The molecule has 0 aliphatic rings. The number of aryl methyl sites for hydroxylation is 2. The Morgan fingerprint density at radius 3 is 2.03 bits per heavy atom. The predicted molar refractivity (Wildman–Crippen MR) is 119 cm³/mol. The van der Waals surface area contributed by atoms with Gasteiger partial charge in [0.05, 0.1) is 0 Å². The van der Waals surface area contributed by atoms with Gasteiger partial charge in [-0.1, -0.05) is 24.8 Å². The zero-order valence-electron chi connectivity index (χ0n) is 17.6. The third kappa shape index (κ3) is 7.48. The molecule has 0 atom stereocenters. The van der Waals surface area contributed by atoms with Gasteiger partial charge in [-0.3, -0.25) is 4.90 Å². The normalized spacial score (nSPS) is 9.59. The number of nitrogens with zero attached hydrogens (tertiary/aromatic N) is 2. The van der Waals surface area contributed by atoms with Gasteiger partial charge in [-0.05, 0) is 54.7 Å². The number of carbonyl (C=O) groups is 1. The Bertz CT molecular complexity index is 942. The molecule has 2 aromatic rings. The molecule has 0 aromatic heterocycles. The average Bonchev–Trinajstić information content (AvgIpc) is 2.65. The number of primary amides is 1. The fourth-order valence-corrected chi connectivity index (χ4v) is 2.04. The van der Waals surface area contributed by atoms with Crippen LogP contribution in [0, 0.1) is 25.9 Å². The van der Waals surface area contributed by atoms with Gasteiger partial charge >= 0.3 is 6.03 Å². The Hall–Kier alpha value is -3.63. The van der Waals surface area contributed by atoms with Crippen molar-refractivity contribution in [2.24, 2.45) is 5.73 Å². The molecule has 154 valence electrons. The lowest BCUT2D eigenvalue weighted by Crippen LogP contribution is -2.30. The summed E-state index contributed by atoms with van der Waals surface area (Å²) in [4.78, 5) is 17.2. The number of nitrogen functional groups attached to an aromatic ring is 2. The first-order chi connectivity index (χ1) is 13.5. The molecule has 0 spiro atoms. The van der Waals surface area contributed by atoms with E-state index in [1.54, 1.807) is 27.2 Å². The van der Waals surface area contributed by atoms with Crippen molar-refractivity contribution in [2.75, 3.05) is 32.6 Å². The molecule has 7 nitrogen and oxygen atoms in total. The fraction of sp³-hybridized carbons (Fsp3) is 0.227. The fourth-order valence-electron chi connectivity index (χ4n) is 2.04. The van der Waals surface area contributed by atoms with Gasteiger partial charge < -0.3 is 22.0 Å². The van der Waals surface area contributed by atoms with Gasteiger partial charge in [-0.25, -0.2) is 4.79 Å². The quantitative estimate of drug-likeness (QED) is 0.420. The zero-order valence-corrected chi connectivity index (χ0v) is 17.6. The van der Waals surface area contributed by atoms with Crippen LogP contribution in [0.5, 0.6) is 0 Å². The van der Waals surface area contributed by atoms with Gasteiger partial charge in [0.2, 0.25) is 0 Å². The number of anilines is 2. The molecule has 0 aliphatic heterocycles. The van der Waals surface area contributed by atoms with Crippen molar-refractivity contribution in [2.45, 2.75) is 13.8 Å². The van der Waals surface area contributed by atoms with E-state index in [2.05, 4.69) is 18.6 Å². The van der Waals surface area contributed by atoms with Crippen LogP contribution in [0.2, 0.25) is 0 Å². The lowest BCUT2D eigenvalue weighted by Gasteiger charge is -2.17. The maximum absolute atomic E-state index is 10.9. The number of benzene rings is 2. The number of amides is 2. The molecule has 0 fully saturated rings. The largest absolute Gasteiger partial charge is 0.398 e. The number of hydrogen-bond donors (Lipinski definition) is 3. The summed E-state index contributed by atoms with van der Waals surface area (Å²) in [5.74, 6) is 2.85. The molecule has 0 aliphatic carbocycles. The molecule has 2 aromatic carbocycles. The van der Waals surface area contributed by atoms with Gasteiger partial charge in [-0.2, -0.15) is 0 Å². The van der Waals surface area contributed by atoms with E-state index in [0.717, 1.165) is 27.9 Å². The molecule has 6 N–H and O–H groups in total. The molecule has 0 heterocycles. The maximum Gasteiger partial charge on any atom is 0.318 e. The highest BCUT2D eigenvalue weighted by Crippen LogP contribution is 2.20. The molecular weight excluding hydrogens is 366 g/mol. The Labute approximate surface area is 172 Å². The van der Waals surface area contributed by atoms with Crippen molar-refractivity contribution < 1.29 is 9.63 Å². The number of hydroxylamine groups is 2. The molecule has 0 saturated heterocycles. The predicted octanol–water partition coefficient (Wildman–Crippen LogP) is 2.94.